The van der Waals surface area contributed by atoms with Gasteiger partial charge in [0.15, 0.2) is 5.75 Å². The molecule has 0 spiro atoms. The van der Waals surface area contributed by atoms with Crippen molar-refractivity contribution in [3.63, 3.8) is 0 Å². The first-order valence-electron chi connectivity index (χ1n) is 7.51. The average molecular weight is 328 g/mol. The van der Waals surface area contributed by atoms with E-state index in [-0.39, 0.29) is 5.91 Å². The molecule has 0 saturated heterocycles. The highest BCUT2D eigenvalue weighted by molar-refractivity contribution is 7.20. The van der Waals surface area contributed by atoms with E-state index >= 15 is 0 Å². The number of fused-ring (bicyclic) bond motifs is 1. The second-order valence-corrected chi connectivity index (χ2v) is 5.74. The van der Waals surface area contributed by atoms with Crippen LogP contribution in [-0.4, -0.2) is 17.9 Å². The highest BCUT2D eigenvalue weighted by atomic mass is 32.1. The zero-order valence-corrected chi connectivity index (χ0v) is 14.5. The smallest absolute Gasteiger partial charge is 0.261 e. The number of ether oxygens (including phenoxy) is 1. The predicted molar refractivity (Wildman–Crippen MR) is 95.6 cm³/mol. The number of aromatic nitrogens is 1. The Balaban J connectivity index is 0.000000924. The Morgan fingerprint density at radius 1 is 1.17 bits per heavy atom. The lowest BCUT2D eigenvalue weighted by Crippen LogP contribution is -2.15. The summed E-state index contributed by atoms with van der Waals surface area (Å²) in [6.07, 6.45) is 3.41. The summed E-state index contributed by atoms with van der Waals surface area (Å²) < 4.78 is 6.81. The van der Waals surface area contributed by atoms with Gasteiger partial charge in [-0.15, -0.1) is 11.3 Å². The number of carbonyl (C=O) groups is 1. The third kappa shape index (κ3) is 3.87. The molecule has 0 aliphatic rings. The minimum Gasteiger partial charge on any atom is -0.455 e. The number of aryl methyl sites for hydroxylation is 1. The Bertz CT molecular complexity index is 794. The summed E-state index contributed by atoms with van der Waals surface area (Å²) in [6.45, 7) is 6.03. The second-order valence-electron chi connectivity index (χ2n) is 4.65. The number of rotatable bonds is 3. The molecule has 120 valence electrons. The Hall–Kier alpha value is -2.40. The first-order chi connectivity index (χ1) is 11.2. The molecule has 0 unspecified atom stereocenters. The van der Waals surface area contributed by atoms with Crippen molar-refractivity contribution in [1.82, 2.24) is 10.3 Å². The number of benzene rings is 1. The normalized spacial score (nSPS) is 9.91. The number of hydrogen-bond donors (Lipinski definition) is 1. The van der Waals surface area contributed by atoms with Crippen LogP contribution >= 0.6 is 11.3 Å². The lowest BCUT2D eigenvalue weighted by atomic mass is 10.2. The van der Waals surface area contributed by atoms with Crippen LogP contribution in [0.4, 0.5) is 0 Å². The third-order valence-electron chi connectivity index (χ3n) is 3.11. The van der Waals surface area contributed by atoms with Crippen molar-refractivity contribution in [2.24, 2.45) is 0 Å². The summed E-state index contributed by atoms with van der Waals surface area (Å²) in [5.41, 5.74) is 1.18. The average Bonchev–Trinajstić information content (AvgIpc) is 3.03. The Morgan fingerprint density at radius 3 is 2.52 bits per heavy atom. The van der Waals surface area contributed by atoms with Gasteiger partial charge >= 0.3 is 0 Å². The summed E-state index contributed by atoms with van der Waals surface area (Å²) in [6, 6.07) is 9.66. The van der Waals surface area contributed by atoms with Crippen molar-refractivity contribution in [2.45, 2.75) is 20.8 Å². The van der Waals surface area contributed by atoms with Crippen LogP contribution in [0.25, 0.3) is 10.1 Å². The van der Waals surface area contributed by atoms with Crippen LogP contribution in [-0.2, 0) is 0 Å². The number of nitrogens with one attached hydrogen (secondary N) is 1. The van der Waals surface area contributed by atoms with Gasteiger partial charge in [-0.1, -0.05) is 31.5 Å². The van der Waals surface area contributed by atoms with E-state index in [0.29, 0.717) is 10.6 Å². The lowest BCUT2D eigenvalue weighted by molar-refractivity contribution is 0.0967. The molecule has 1 aromatic carbocycles. The third-order valence-corrected chi connectivity index (χ3v) is 4.18. The Labute approximate surface area is 140 Å². The molecule has 0 saturated carbocycles. The zero-order valence-electron chi connectivity index (χ0n) is 13.7. The summed E-state index contributed by atoms with van der Waals surface area (Å²) in [5, 5.41) is 3.53. The van der Waals surface area contributed by atoms with Gasteiger partial charge < -0.3 is 10.1 Å². The molecule has 1 amide bonds. The molecule has 0 atom stereocenters. The molecule has 3 rings (SSSR count). The van der Waals surface area contributed by atoms with E-state index in [9.17, 15) is 4.79 Å². The molecule has 0 bridgehead atoms. The molecule has 23 heavy (non-hydrogen) atoms. The summed E-state index contributed by atoms with van der Waals surface area (Å²) in [4.78, 5) is 16.6. The van der Waals surface area contributed by atoms with E-state index in [1.165, 1.54) is 16.9 Å². The fraction of sp³-hybridized carbons (Fsp3) is 0.222. The Morgan fingerprint density at radius 2 is 1.87 bits per heavy atom. The van der Waals surface area contributed by atoms with Gasteiger partial charge in [0.2, 0.25) is 0 Å². The van der Waals surface area contributed by atoms with Crippen molar-refractivity contribution in [1.29, 1.82) is 0 Å². The fourth-order valence-corrected chi connectivity index (χ4v) is 2.98. The summed E-state index contributed by atoms with van der Waals surface area (Å²) in [5.74, 6) is 1.31. The molecule has 3 aromatic rings. The summed E-state index contributed by atoms with van der Waals surface area (Å²) in [7, 11) is 1.62. The van der Waals surface area contributed by atoms with Crippen LogP contribution in [0.5, 0.6) is 11.5 Å². The number of thiophene rings is 1. The van der Waals surface area contributed by atoms with E-state index in [2.05, 4.69) is 10.3 Å². The van der Waals surface area contributed by atoms with Crippen molar-refractivity contribution < 1.29 is 9.53 Å². The highest BCUT2D eigenvalue weighted by Crippen LogP contribution is 2.34. The number of amides is 1. The van der Waals surface area contributed by atoms with Crippen LogP contribution in [0.1, 0.15) is 29.1 Å². The minimum atomic E-state index is -0.0996. The molecule has 2 aromatic heterocycles. The van der Waals surface area contributed by atoms with Gasteiger partial charge in [-0.2, -0.15) is 0 Å². The highest BCUT2D eigenvalue weighted by Gasteiger charge is 2.12. The second kappa shape index (κ2) is 7.74. The monoisotopic (exact) mass is 328 g/mol. The Kier molecular flexibility index (Phi) is 5.71. The van der Waals surface area contributed by atoms with Gasteiger partial charge in [-0.3, -0.25) is 9.78 Å². The molecule has 1 N–H and O–H groups in total. The van der Waals surface area contributed by atoms with Gasteiger partial charge in [0.05, 0.1) is 15.8 Å². The van der Waals surface area contributed by atoms with E-state index in [0.717, 1.165) is 15.8 Å². The van der Waals surface area contributed by atoms with Gasteiger partial charge in [0.1, 0.15) is 5.75 Å². The lowest BCUT2D eigenvalue weighted by Gasteiger charge is -2.06. The summed E-state index contributed by atoms with van der Waals surface area (Å²) >= 11 is 1.40. The molecule has 5 heteroatoms. The van der Waals surface area contributed by atoms with Crippen LogP contribution < -0.4 is 10.1 Å². The van der Waals surface area contributed by atoms with Crippen LogP contribution in [0.2, 0.25) is 0 Å². The van der Waals surface area contributed by atoms with Gasteiger partial charge in [-0.05, 0) is 25.1 Å². The number of pyridine rings is 1. The number of nitrogens with zero attached hydrogens (tertiary/aromatic N) is 1. The molecule has 0 radical (unpaired) electrons. The first kappa shape index (κ1) is 17.0. The minimum absolute atomic E-state index is 0.0996. The fourth-order valence-electron chi connectivity index (χ4n) is 1.99. The van der Waals surface area contributed by atoms with Crippen molar-refractivity contribution in [2.75, 3.05) is 7.05 Å². The van der Waals surface area contributed by atoms with E-state index in [1.807, 2.05) is 51.1 Å². The van der Waals surface area contributed by atoms with Crippen LogP contribution in [0.3, 0.4) is 0 Å². The van der Waals surface area contributed by atoms with Gasteiger partial charge in [0, 0.05) is 18.6 Å². The molecule has 0 fully saturated rings. The maximum atomic E-state index is 11.7. The number of carbonyl (C=O) groups excluding carboxylic acids is 1. The van der Waals surface area contributed by atoms with Crippen molar-refractivity contribution in [3.05, 3.63) is 53.2 Å². The topological polar surface area (TPSA) is 51.2 Å². The molecule has 0 aliphatic heterocycles. The standard InChI is InChI=1S/C16H14N2O2S.C2H6/c1-10-3-5-11(6-4-10)20-13-8-18-9-15-12(13)7-14(21-15)16(19)17-2;1-2/h3-9H,1-2H3,(H,17,19);1-2H3. The largest absolute Gasteiger partial charge is 0.455 e. The van der Waals surface area contributed by atoms with Crippen LogP contribution in [0, 0.1) is 6.92 Å². The molecular weight excluding hydrogens is 308 g/mol. The zero-order chi connectivity index (χ0) is 16.8. The first-order valence-corrected chi connectivity index (χ1v) is 8.33. The van der Waals surface area contributed by atoms with Crippen molar-refractivity contribution in [3.8, 4) is 11.5 Å². The molecule has 2 heterocycles. The van der Waals surface area contributed by atoms with E-state index in [1.54, 1.807) is 19.4 Å². The van der Waals surface area contributed by atoms with E-state index < -0.39 is 0 Å². The maximum Gasteiger partial charge on any atom is 0.261 e. The van der Waals surface area contributed by atoms with Crippen molar-refractivity contribution >= 4 is 27.3 Å². The van der Waals surface area contributed by atoms with Gasteiger partial charge in [0.25, 0.3) is 5.91 Å². The maximum absolute atomic E-state index is 11.7. The van der Waals surface area contributed by atoms with Crippen LogP contribution in [0.15, 0.2) is 42.7 Å². The molecule has 4 nitrogen and oxygen atoms in total. The quantitative estimate of drug-likeness (QED) is 0.752. The van der Waals surface area contributed by atoms with Gasteiger partial charge in [-0.25, -0.2) is 0 Å². The SMILES string of the molecule is CC.CNC(=O)c1cc2c(Oc3ccc(C)cc3)cncc2s1. The molecular formula is C18H20N2O2S. The predicted octanol–water partition coefficient (Wildman–Crippen LogP) is 4.78. The number of hydrogen-bond acceptors (Lipinski definition) is 4. The van der Waals surface area contributed by atoms with E-state index in [4.69, 9.17) is 4.74 Å². The molecule has 0 aliphatic carbocycles.